The Bertz CT molecular complexity index is 840. The lowest BCUT2D eigenvalue weighted by molar-refractivity contribution is -0.464. The van der Waals surface area contributed by atoms with E-state index in [0.717, 1.165) is 13.8 Å². The topological polar surface area (TPSA) is 27.7 Å². The molecule has 0 saturated heterocycles. The summed E-state index contributed by atoms with van der Waals surface area (Å²) in [6.07, 6.45) is -16.5. The van der Waals surface area contributed by atoms with Crippen molar-refractivity contribution in [1.29, 1.82) is 0 Å². The minimum Gasteiger partial charge on any atom is -0.377 e. The van der Waals surface area contributed by atoms with Crippen LogP contribution in [0.5, 0.6) is 0 Å². The molecule has 0 saturated carbocycles. The number of hydrogen-bond acceptors (Lipinski definition) is 3. The Hall–Kier alpha value is -1.09. The van der Waals surface area contributed by atoms with E-state index in [4.69, 9.17) is 8.85 Å². The number of hydrogen-bond donors (Lipinski definition) is 0. The van der Waals surface area contributed by atoms with Gasteiger partial charge in [0.25, 0.3) is 0 Å². The van der Waals surface area contributed by atoms with Gasteiger partial charge in [0.05, 0.1) is 0 Å². The highest BCUT2D eigenvalue weighted by molar-refractivity contribution is 6.60. The average molecular weight is 638 g/mol. The molecule has 0 radical (unpaired) electrons. The number of alkyl halides is 17. The molecule has 2 atom stereocenters. The summed E-state index contributed by atoms with van der Waals surface area (Å²) < 4.78 is 247. The second-order valence-electron chi connectivity index (χ2n) is 8.94. The fourth-order valence-electron chi connectivity index (χ4n) is 3.33. The molecule has 0 fully saturated rings. The molecule has 0 heterocycles. The fourth-order valence-corrected chi connectivity index (χ4v) is 6.23. The average Bonchev–Trinajstić information content (AvgIpc) is 2.69. The molecule has 0 aliphatic rings. The van der Waals surface area contributed by atoms with Gasteiger partial charge in [0.1, 0.15) is 5.60 Å². The first-order valence-electron chi connectivity index (χ1n) is 10.4. The second-order valence-corrected chi connectivity index (χ2v) is 11.7. The zero-order chi connectivity index (χ0) is 32.1. The van der Waals surface area contributed by atoms with Crippen molar-refractivity contribution in [2.75, 3.05) is 7.11 Å². The first-order chi connectivity index (χ1) is 16.7. The van der Waals surface area contributed by atoms with Crippen LogP contribution < -0.4 is 0 Å². The van der Waals surface area contributed by atoms with E-state index in [1.54, 1.807) is 0 Å². The van der Waals surface area contributed by atoms with Gasteiger partial charge < -0.3 is 13.3 Å². The van der Waals surface area contributed by atoms with Crippen molar-refractivity contribution in [3.8, 4) is 0 Å². The maximum atomic E-state index is 15.5. The van der Waals surface area contributed by atoms with Crippen molar-refractivity contribution in [2.45, 2.75) is 106 Å². The van der Waals surface area contributed by atoms with Crippen LogP contribution in [0.2, 0.25) is 6.04 Å². The highest BCUT2D eigenvalue weighted by Gasteiger charge is 2.96. The van der Waals surface area contributed by atoms with Crippen LogP contribution in [0.3, 0.4) is 0 Å². The molecule has 0 aromatic carbocycles. The largest absolute Gasteiger partial charge is 0.501 e. The zero-order valence-electron chi connectivity index (χ0n) is 20.6. The highest BCUT2D eigenvalue weighted by Crippen LogP contribution is 2.66. The van der Waals surface area contributed by atoms with E-state index >= 15 is 4.39 Å². The van der Waals surface area contributed by atoms with Crippen LogP contribution in [0.25, 0.3) is 0 Å². The molecule has 39 heavy (non-hydrogen) atoms. The van der Waals surface area contributed by atoms with Crippen molar-refractivity contribution in [1.82, 2.24) is 0 Å². The highest BCUT2D eigenvalue weighted by atomic mass is 28.4. The lowest BCUT2D eigenvalue weighted by Gasteiger charge is -2.50. The molecule has 0 aliphatic carbocycles. The molecule has 0 spiro atoms. The maximum Gasteiger partial charge on any atom is 0.501 e. The summed E-state index contributed by atoms with van der Waals surface area (Å²) in [5.41, 5.74) is -11.7. The standard InChI is InChI=1S/C18H23F17O3Si/c1-7-8-39(36-6,37-9(2)3)38-10(4,5)11(19,17(30,31)32)12(20,21)13(22,23)14(24,25)15(26,27)16(28,29)18(33,34)35/h9H,7-8H2,1-6H3. The van der Waals surface area contributed by atoms with Crippen molar-refractivity contribution in [3.63, 3.8) is 0 Å². The molecule has 0 rings (SSSR count). The summed E-state index contributed by atoms with van der Waals surface area (Å²) >= 11 is 0. The number of rotatable bonds is 13. The predicted molar refractivity (Wildman–Crippen MR) is 99.9 cm³/mol. The summed E-state index contributed by atoms with van der Waals surface area (Å²) in [7, 11) is -4.22. The summed E-state index contributed by atoms with van der Waals surface area (Å²) in [6, 6.07) is -0.646. The van der Waals surface area contributed by atoms with Crippen molar-refractivity contribution >= 4 is 8.80 Å². The molecule has 0 bridgehead atoms. The van der Waals surface area contributed by atoms with Crippen molar-refractivity contribution < 1.29 is 87.9 Å². The first kappa shape index (κ1) is 37.9. The van der Waals surface area contributed by atoms with Crippen LogP contribution in [0.15, 0.2) is 0 Å². The van der Waals surface area contributed by atoms with E-state index < -0.39 is 74.2 Å². The van der Waals surface area contributed by atoms with Crippen LogP contribution in [0, 0.1) is 0 Å². The normalized spacial score (nSPS) is 18.8. The Morgan fingerprint density at radius 1 is 0.590 bits per heavy atom. The van der Waals surface area contributed by atoms with Gasteiger partial charge in [-0.1, -0.05) is 13.3 Å². The Morgan fingerprint density at radius 2 is 0.949 bits per heavy atom. The Labute approximate surface area is 211 Å². The fraction of sp³-hybridized carbons (Fsp3) is 1.00. The lowest BCUT2D eigenvalue weighted by atomic mass is 9.76. The third-order valence-corrected chi connectivity index (χ3v) is 8.67. The van der Waals surface area contributed by atoms with Gasteiger partial charge >= 0.3 is 56.4 Å². The van der Waals surface area contributed by atoms with Crippen molar-refractivity contribution in [2.24, 2.45) is 0 Å². The van der Waals surface area contributed by atoms with Crippen LogP contribution in [0.4, 0.5) is 74.6 Å². The second kappa shape index (κ2) is 10.6. The van der Waals surface area contributed by atoms with Crippen molar-refractivity contribution in [3.05, 3.63) is 0 Å². The van der Waals surface area contributed by atoms with E-state index in [9.17, 15) is 70.2 Å². The molecule has 3 nitrogen and oxygen atoms in total. The van der Waals surface area contributed by atoms with E-state index in [2.05, 4.69) is 4.43 Å². The first-order valence-corrected chi connectivity index (χ1v) is 12.3. The quantitative estimate of drug-likeness (QED) is 0.150. The third kappa shape index (κ3) is 5.69. The van der Waals surface area contributed by atoms with Gasteiger partial charge in [-0.05, 0) is 27.7 Å². The van der Waals surface area contributed by atoms with Crippen LogP contribution >= 0.6 is 0 Å². The molecule has 0 amide bonds. The molecule has 0 N–H and O–H groups in total. The van der Waals surface area contributed by atoms with Crippen LogP contribution in [-0.4, -0.2) is 75.3 Å². The minimum absolute atomic E-state index is 0.183. The Kier molecular flexibility index (Phi) is 10.3. The van der Waals surface area contributed by atoms with Gasteiger partial charge in [0, 0.05) is 19.3 Å². The van der Waals surface area contributed by atoms with Gasteiger partial charge in [-0.2, -0.15) is 70.2 Å². The summed E-state index contributed by atoms with van der Waals surface area (Å²) in [5.74, 6) is -42.2. The minimum atomic E-state index is -8.66. The van der Waals surface area contributed by atoms with E-state index in [1.807, 2.05) is 0 Å². The van der Waals surface area contributed by atoms with Gasteiger partial charge in [-0.25, -0.2) is 4.39 Å². The predicted octanol–water partition coefficient (Wildman–Crippen LogP) is 8.21. The SMILES string of the molecule is CCC[Si](OC)(OC(C)C)OC(C)(C)C(F)(C(F)(F)F)C(F)(F)C(F)(F)C(F)(F)C(F)(F)C(F)(F)C(F)(F)F. The molecular formula is C18H23F17O3Si. The molecule has 0 aliphatic heterocycles. The molecule has 236 valence electrons. The van der Waals surface area contributed by atoms with Gasteiger partial charge in [0.2, 0.25) is 0 Å². The smallest absolute Gasteiger partial charge is 0.377 e. The van der Waals surface area contributed by atoms with E-state index in [1.165, 1.54) is 6.92 Å². The molecule has 2 unspecified atom stereocenters. The summed E-state index contributed by atoms with van der Waals surface area (Å²) in [5, 5.41) is 0. The maximum absolute atomic E-state index is 15.5. The van der Waals surface area contributed by atoms with Gasteiger partial charge in [-0.3, -0.25) is 0 Å². The monoisotopic (exact) mass is 638 g/mol. The van der Waals surface area contributed by atoms with Crippen LogP contribution in [0.1, 0.15) is 41.0 Å². The Balaban J connectivity index is 7.43. The lowest BCUT2D eigenvalue weighted by Crippen LogP contribution is -2.79. The van der Waals surface area contributed by atoms with E-state index in [0.29, 0.717) is 7.11 Å². The van der Waals surface area contributed by atoms with Gasteiger partial charge in [-0.15, -0.1) is 0 Å². The van der Waals surface area contributed by atoms with Gasteiger partial charge in [0.15, 0.2) is 0 Å². The molecule has 21 heteroatoms. The molecular weight excluding hydrogens is 615 g/mol. The third-order valence-electron chi connectivity index (χ3n) is 5.28. The number of halogens is 17. The van der Waals surface area contributed by atoms with E-state index in [-0.39, 0.29) is 20.3 Å². The van der Waals surface area contributed by atoms with Crippen LogP contribution in [-0.2, 0) is 13.3 Å². The molecule has 0 aromatic rings. The summed E-state index contributed by atoms with van der Waals surface area (Å²) in [4.78, 5) is 0. The zero-order valence-corrected chi connectivity index (χ0v) is 21.6. The summed E-state index contributed by atoms with van der Waals surface area (Å²) in [6.45, 7) is 2.84. The molecule has 0 aromatic heterocycles. The Morgan fingerprint density at radius 3 is 1.23 bits per heavy atom.